The Balaban J connectivity index is 1.86. The Hall–Kier alpha value is -1.11. The van der Waals surface area contributed by atoms with Crippen LogP contribution < -0.4 is 0 Å². The van der Waals surface area contributed by atoms with Crippen LogP contribution in [0.25, 0.3) is 0 Å². The minimum absolute atomic E-state index is 0.160. The maximum absolute atomic E-state index is 12.9. The molecule has 25 heavy (non-hydrogen) atoms. The molecule has 0 atom stereocenters. The number of hydrogen-bond acceptors (Lipinski definition) is 3. The van der Waals surface area contributed by atoms with Crippen molar-refractivity contribution in [3.8, 4) is 0 Å². The quantitative estimate of drug-likeness (QED) is 0.802. The third-order valence-electron chi connectivity index (χ3n) is 5.19. The number of nitrogens with zero attached hydrogens (tertiary/aromatic N) is 2. The molecule has 0 aromatic heterocycles. The zero-order valence-electron chi connectivity index (χ0n) is 14.6. The van der Waals surface area contributed by atoms with Crippen molar-refractivity contribution in [3.05, 3.63) is 28.8 Å². The lowest BCUT2D eigenvalue weighted by molar-refractivity contribution is 0.0697. The average molecular weight is 385 g/mol. The molecule has 2 heterocycles. The van der Waals surface area contributed by atoms with Gasteiger partial charge in [-0.05, 0) is 49.8 Å². The molecule has 2 fully saturated rings. The van der Waals surface area contributed by atoms with Crippen molar-refractivity contribution in [2.45, 2.75) is 43.9 Å². The molecular formula is C18H25ClN2O3S. The number of amides is 1. The van der Waals surface area contributed by atoms with Crippen molar-refractivity contribution in [3.63, 3.8) is 0 Å². The average Bonchev–Trinajstić information content (AvgIpc) is 2.63. The predicted molar refractivity (Wildman–Crippen MR) is 98.4 cm³/mol. The fourth-order valence-corrected chi connectivity index (χ4v) is 5.21. The van der Waals surface area contributed by atoms with Crippen LogP contribution in [0.15, 0.2) is 23.1 Å². The number of hydrogen-bond donors (Lipinski definition) is 0. The second-order valence-corrected chi connectivity index (χ2v) is 9.43. The highest BCUT2D eigenvalue weighted by Gasteiger charge is 2.29. The molecule has 7 heteroatoms. The molecule has 0 N–H and O–H groups in total. The first-order chi connectivity index (χ1) is 11.9. The smallest absolute Gasteiger partial charge is 0.255 e. The van der Waals surface area contributed by atoms with E-state index in [0.717, 1.165) is 32.1 Å². The van der Waals surface area contributed by atoms with Crippen LogP contribution in [0.2, 0.25) is 5.02 Å². The molecule has 5 nitrogen and oxygen atoms in total. The topological polar surface area (TPSA) is 57.7 Å². The van der Waals surface area contributed by atoms with E-state index in [0.29, 0.717) is 37.1 Å². The molecule has 0 saturated carbocycles. The molecule has 1 aromatic rings. The third kappa shape index (κ3) is 4.01. The Kier molecular flexibility index (Phi) is 5.71. The lowest BCUT2D eigenvalue weighted by Gasteiger charge is -2.31. The van der Waals surface area contributed by atoms with Crippen LogP contribution in [0, 0.1) is 5.92 Å². The molecule has 1 aromatic carbocycles. The highest BCUT2D eigenvalue weighted by atomic mass is 35.5. The van der Waals surface area contributed by atoms with Crippen molar-refractivity contribution in [2.24, 2.45) is 5.92 Å². The number of likely N-dealkylation sites (tertiary alicyclic amines) is 1. The number of rotatable bonds is 3. The number of sulfonamides is 1. The van der Waals surface area contributed by atoms with Crippen molar-refractivity contribution in [1.29, 1.82) is 0 Å². The molecule has 0 bridgehead atoms. The molecule has 0 unspecified atom stereocenters. The second-order valence-electron chi connectivity index (χ2n) is 7.08. The van der Waals surface area contributed by atoms with Gasteiger partial charge in [0.15, 0.2) is 0 Å². The van der Waals surface area contributed by atoms with E-state index in [1.54, 1.807) is 4.90 Å². The van der Waals surface area contributed by atoms with E-state index < -0.39 is 10.0 Å². The van der Waals surface area contributed by atoms with Gasteiger partial charge in [0.2, 0.25) is 10.0 Å². The Morgan fingerprint density at radius 2 is 1.72 bits per heavy atom. The molecule has 138 valence electrons. The number of benzene rings is 1. The van der Waals surface area contributed by atoms with Gasteiger partial charge < -0.3 is 4.90 Å². The van der Waals surface area contributed by atoms with E-state index in [1.807, 2.05) is 0 Å². The highest BCUT2D eigenvalue weighted by Crippen LogP contribution is 2.27. The monoisotopic (exact) mass is 384 g/mol. The maximum Gasteiger partial charge on any atom is 0.255 e. The number of piperidine rings is 2. The summed E-state index contributed by atoms with van der Waals surface area (Å²) >= 11 is 6.22. The number of carbonyl (C=O) groups excluding carboxylic acids is 1. The van der Waals surface area contributed by atoms with E-state index in [1.165, 1.54) is 22.5 Å². The Morgan fingerprint density at radius 1 is 1.08 bits per heavy atom. The van der Waals surface area contributed by atoms with Crippen molar-refractivity contribution in [1.82, 2.24) is 9.21 Å². The Morgan fingerprint density at radius 3 is 2.36 bits per heavy atom. The van der Waals surface area contributed by atoms with Crippen LogP contribution >= 0.6 is 11.6 Å². The van der Waals surface area contributed by atoms with Gasteiger partial charge >= 0.3 is 0 Å². The standard InChI is InChI=1S/C18H25ClN2O3S/c1-14-7-11-20(12-8-14)18(22)16-13-15(5-6-17(16)19)25(23,24)21-9-3-2-4-10-21/h5-6,13-14H,2-4,7-12H2,1H3. The lowest BCUT2D eigenvalue weighted by atomic mass is 9.98. The molecule has 1 amide bonds. The predicted octanol–water partition coefficient (Wildman–Crippen LogP) is 3.39. The first kappa shape index (κ1) is 18.7. The first-order valence-electron chi connectivity index (χ1n) is 8.98. The van der Waals surface area contributed by atoms with Gasteiger partial charge in [0, 0.05) is 26.2 Å². The lowest BCUT2D eigenvalue weighted by Crippen LogP contribution is -2.38. The fourth-order valence-electron chi connectivity index (χ4n) is 3.47. The summed E-state index contributed by atoms with van der Waals surface area (Å²) in [5, 5.41) is 0.307. The van der Waals surface area contributed by atoms with Crippen LogP contribution in [0.3, 0.4) is 0 Å². The largest absolute Gasteiger partial charge is 0.339 e. The zero-order valence-corrected chi connectivity index (χ0v) is 16.2. The molecule has 2 aliphatic heterocycles. The van der Waals surface area contributed by atoms with Crippen molar-refractivity contribution in [2.75, 3.05) is 26.2 Å². The normalized spacial score (nSPS) is 20.6. The molecule has 2 aliphatic rings. The first-order valence-corrected chi connectivity index (χ1v) is 10.8. The summed E-state index contributed by atoms with van der Waals surface area (Å²) in [5.41, 5.74) is 0.286. The summed E-state index contributed by atoms with van der Waals surface area (Å²) in [5.74, 6) is 0.443. The van der Waals surface area contributed by atoms with Crippen LogP contribution in [-0.2, 0) is 10.0 Å². The van der Waals surface area contributed by atoms with Crippen LogP contribution in [0.1, 0.15) is 49.4 Å². The summed E-state index contributed by atoms with van der Waals surface area (Å²) in [7, 11) is -3.57. The van der Waals surface area contributed by atoms with E-state index >= 15 is 0 Å². The maximum atomic E-state index is 12.9. The van der Waals surface area contributed by atoms with Gasteiger partial charge in [0.25, 0.3) is 5.91 Å². The van der Waals surface area contributed by atoms with Gasteiger partial charge in [0.1, 0.15) is 0 Å². The summed E-state index contributed by atoms with van der Waals surface area (Å²) in [6.07, 6.45) is 4.75. The van der Waals surface area contributed by atoms with Gasteiger partial charge in [-0.2, -0.15) is 4.31 Å². The molecule has 0 spiro atoms. The van der Waals surface area contributed by atoms with E-state index in [9.17, 15) is 13.2 Å². The Labute approximate surface area is 155 Å². The summed E-state index contributed by atoms with van der Waals surface area (Å²) in [6.45, 7) is 4.65. The van der Waals surface area contributed by atoms with Gasteiger partial charge in [-0.15, -0.1) is 0 Å². The fraction of sp³-hybridized carbons (Fsp3) is 0.611. The second kappa shape index (κ2) is 7.64. The molecular weight excluding hydrogens is 360 g/mol. The minimum atomic E-state index is -3.57. The number of halogens is 1. The summed E-state index contributed by atoms with van der Waals surface area (Å²) in [6, 6.07) is 4.48. The molecule has 0 aliphatic carbocycles. The summed E-state index contributed by atoms with van der Waals surface area (Å²) < 4.78 is 27.2. The van der Waals surface area contributed by atoms with Crippen molar-refractivity contribution < 1.29 is 13.2 Å². The van der Waals surface area contributed by atoms with Gasteiger partial charge in [-0.3, -0.25) is 4.79 Å². The Bertz CT molecular complexity index is 737. The van der Waals surface area contributed by atoms with E-state index in [4.69, 9.17) is 11.6 Å². The summed E-state index contributed by atoms with van der Waals surface area (Å²) in [4.78, 5) is 14.8. The van der Waals surface area contributed by atoms with Gasteiger partial charge in [-0.1, -0.05) is 24.9 Å². The van der Waals surface area contributed by atoms with Crippen LogP contribution in [0.4, 0.5) is 0 Å². The van der Waals surface area contributed by atoms with E-state index in [-0.39, 0.29) is 16.4 Å². The molecule has 3 rings (SSSR count). The third-order valence-corrected chi connectivity index (χ3v) is 7.42. The molecule has 0 radical (unpaired) electrons. The SMILES string of the molecule is CC1CCN(C(=O)c2cc(S(=O)(=O)N3CCCCC3)ccc2Cl)CC1. The van der Waals surface area contributed by atoms with Gasteiger partial charge in [0.05, 0.1) is 15.5 Å². The van der Waals surface area contributed by atoms with E-state index in [2.05, 4.69) is 6.92 Å². The zero-order chi connectivity index (χ0) is 18.0. The van der Waals surface area contributed by atoms with Gasteiger partial charge in [-0.25, -0.2) is 8.42 Å². The van der Waals surface area contributed by atoms with Crippen LogP contribution in [-0.4, -0.2) is 49.7 Å². The minimum Gasteiger partial charge on any atom is -0.339 e. The van der Waals surface area contributed by atoms with Crippen molar-refractivity contribution >= 4 is 27.5 Å². The molecule has 2 saturated heterocycles. The van der Waals surface area contributed by atoms with Crippen LogP contribution in [0.5, 0.6) is 0 Å². The number of carbonyl (C=O) groups is 1. The highest BCUT2D eigenvalue weighted by molar-refractivity contribution is 7.89.